The van der Waals surface area contributed by atoms with E-state index in [-0.39, 0.29) is 17.7 Å². The van der Waals surface area contributed by atoms with E-state index in [2.05, 4.69) is 24.3 Å². The van der Waals surface area contributed by atoms with E-state index < -0.39 is 17.3 Å². The van der Waals surface area contributed by atoms with Crippen LogP contribution in [0.4, 0.5) is 11.4 Å². The van der Waals surface area contributed by atoms with E-state index in [1.54, 1.807) is 0 Å². The Balaban J connectivity index is 1.41. The van der Waals surface area contributed by atoms with Crippen LogP contribution in [0.3, 0.4) is 0 Å². The Bertz CT molecular complexity index is 1790. The summed E-state index contributed by atoms with van der Waals surface area (Å²) in [5, 5.41) is 1.90. The molecule has 4 aliphatic rings. The van der Waals surface area contributed by atoms with Crippen molar-refractivity contribution >= 4 is 40.2 Å². The molecule has 186 valence electrons. The van der Waals surface area contributed by atoms with Gasteiger partial charge in [-0.05, 0) is 45.8 Å². The van der Waals surface area contributed by atoms with Gasteiger partial charge in [-0.25, -0.2) is 4.90 Å². The lowest BCUT2D eigenvalue weighted by Crippen LogP contribution is -2.54. The Hall–Kier alpha value is -4.83. The third kappa shape index (κ3) is 2.86. The standard InChI is InChI=1S/C35H24N2O2/c38-33-31-30-25-16-6-8-18-27(25)35(28-19-9-7-17-26(28)30,21-36-23-13-2-1-3-14-23)32(31)34(39)37(33)29-20-10-12-22-11-4-5-15-24(22)29/h1-21,30-32H/t30?,31-,32+,35?/m1/s1. The molecule has 0 aromatic heterocycles. The fraction of sp³-hybridized carbons (Fsp3) is 0.114. The molecule has 5 aromatic carbocycles. The van der Waals surface area contributed by atoms with Crippen molar-refractivity contribution in [2.75, 3.05) is 4.90 Å². The molecule has 9 rings (SSSR count). The van der Waals surface area contributed by atoms with Crippen LogP contribution in [0.5, 0.6) is 0 Å². The minimum atomic E-state index is -0.867. The number of aliphatic imine (C=N–C) groups is 1. The molecule has 0 spiro atoms. The molecule has 1 saturated heterocycles. The molecular formula is C35H24N2O2. The number of rotatable bonds is 3. The lowest BCUT2D eigenvalue weighted by atomic mass is 9.47. The van der Waals surface area contributed by atoms with Gasteiger partial charge < -0.3 is 0 Å². The number of anilines is 1. The minimum absolute atomic E-state index is 0.132. The molecule has 0 radical (unpaired) electrons. The highest BCUT2D eigenvalue weighted by atomic mass is 16.2. The topological polar surface area (TPSA) is 49.7 Å². The van der Waals surface area contributed by atoms with Gasteiger partial charge >= 0.3 is 0 Å². The molecule has 1 fully saturated rings. The summed E-state index contributed by atoms with van der Waals surface area (Å²) in [7, 11) is 0. The molecule has 2 amide bonds. The van der Waals surface area contributed by atoms with Crippen LogP contribution in [0, 0.1) is 11.8 Å². The minimum Gasteiger partial charge on any atom is -0.274 e. The number of carbonyl (C=O) groups is 2. The van der Waals surface area contributed by atoms with Crippen molar-refractivity contribution < 1.29 is 9.59 Å². The van der Waals surface area contributed by atoms with Crippen molar-refractivity contribution in [2.45, 2.75) is 11.3 Å². The van der Waals surface area contributed by atoms with Crippen LogP contribution in [0.2, 0.25) is 0 Å². The first kappa shape index (κ1) is 22.2. The van der Waals surface area contributed by atoms with Gasteiger partial charge in [-0.3, -0.25) is 14.6 Å². The average Bonchev–Trinajstić information content (AvgIpc) is 3.27. The number of imide groups is 1. The van der Waals surface area contributed by atoms with E-state index in [4.69, 9.17) is 4.99 Å². The molecule has 39 heavy (non-hydrogen) atoms. The molecule has 3 aliphatic carbocycles. The highest BCUT2D eigenvalue weighted by Gasteiger charge is 2.68. The van der Waals surface area contributed by atoms with Crippen molar-refractivity contribution in [3.8, 4) is 0 Å². The average molecular weight is 505 g/mol. The fourth-order valence-corrected chi connectivity index (χ4v) is 7.38. The van der Waals surface area contributed by atoms with E-state index in [0.29, 0.717) is 5.69 Å². The number of fused-ring (bicyclic) bond motifs is 1. The summed E-state index contributed by atoms with van der Waals surface area (Å²) in [5.74, 6) is -1.58. The van der Waals surface area contributed by atoms with Gasteiger partial charge in [0, 0.05) is 17.5 Å². The van der Waals surface area contributed by atoms with Gasteiger partial charge in [-0.15, -0.1) is 0 Å². The zero-order valence-corrected chi connectivity index (χ0v) is 21.1. The molecule has 0 saturated carbocycles. The number of hydrogen-bond acceptors (Lipinski definition) is 3. The summed E-state index contributed by atoms with van der Waals surface area (Å²) in [6, 6.07) is 40.1. The number of para-hydroxylation sites is 1. The number of carbonyl (C=O) groups excluding carboxylic acids is 2. The fourth-order valence-electron chi connectivity index (χ4n) is 7.38. The van der Waals surface area contributed by atoms with Crippen LogP contribution in [0.25, 0.3) is 10.8 Å². The molecule has 1 heterocycles. The van der Waals surface area contributed by atoms with Crippen molar-refractivity contribution in [1.82, 2.24) is 0 Å². The molecule has 2 atom stereocenters. The quantitative estimate of drug-likeness (QED) is 0.201. The second-order valence-electron chi connectivity index (χ2n) is 10.6. The van der Waals surface area contributed by atoms with Crippen LogP contribution < -0.4 is 4.90 Å². The maximum atomic E-state index is 14.7. The van der Waals surface area contributed by atoms with Gasteiger partial charge in [0.2, 0.25) is 11.8 Å². The molecule has 1 aliphatic heterocycles. The normalized spacial score (nSPS) is 24.7. The summed E-state index contributed by atoms with van der Waals surface area (Å²) in [5.41, 5.74) is 4.95. The Morgan fingerprint density at radius 2 is 1.26 bits per heavy atom. The molecule has 0 N–H and O–H groups in total. The van der Waals surface area contributed by atoms with Crippen molar-refractivity contribution in [3.05, 3.63) is 144 Å². The van der Waals surface area contributed by atoms with Crippen LogP contribution in [0.15, 0.2) is 126 Å². The van der Waals surface area contributed by atoms with E-state index in [0.717, 1.165) is 38.7 Å². The molecule has 5 aromatic rings. The third-order valence-corrected chi connectivity index (χ3v) is 8.86. The van der Waals surface area contributed by atoms with E-state index in [9.17, 15) is 9.59 Å². The van der Waals surface area contributed by atoms with Gasteiger partial charge in [0.05, 0.1) is 28.6 Å². The maximum absolute atomic E-state index is 14.7. The Labute approximate surface area is 226 Å². The van der Waals surface area contributed by atoms with Gasteiger partial charge in [-0.2, -0.15) is 0 Å². The molecule has 4 heteroatoms. The van der Waals surface area contributed by atoms with E-state index in [1.165, 1.54) is 4.90 Å². The Kier molecular flexibility index (Phi) is 4.60. The summed E-state index contributed by atoms with van der Waals surface area (Å²) in [6.45, 7) is 0. The summed E-state index contributed by atoms with van der Waals surface area (Å²) >= 11 is 0. The van der Waals surface area contributed by atoms with Crippen LogP contribution >= 0.6 is 0 Å². The monoisotopic (exact) mass is 504 g/mol. The second kappa shape index (κ2) is 8.08. The van der Waals surface area contributed by atoms with Crippen LogP contribution in [-0.4, -0.2) is 18.0 Å². The van der Waals surface area contributed by atoms with Crippen molar-refractivity contribution in [1.29, 1.82) is 0 Å². The first-order valence-electron chi connectivity index (χ1n) is 13.3. The van der Waals surface area contributed by atoms with Crippen molar-refractivity contribution in [3.63, 3.8) is 0 Å². The van der Waals surface area contributed by atoms with Crippen molar-refractivity contribution in [2.24, 2.45) is 16.8 Å². The predicted molar refractivity (Wildman–Crippen MR) is 154 cm³/mol. The number of hydrogen-bond donors (Lipinski definition) is 0. The summed E-state index contributed by atoms with van der Waals surface area (Å²) < 4.78 is 0. The Morgan fingerprint density at radius 3 is 2.00 bits per heavy atom. The van der Waals surface area contributed by atoms with Gasteiger partial charge in [0.25, 0.3) is 0 Å². The molecule has 0 unspecified atom stereocenters. The van der Waals surface area contributed by atoms with Gasteiger partial charge in [-0.1, -0.05) is 103 Å². The lowest BCUT2D eigenvalue weighted by molar-refractivity contribution is -0.122. The first-order valence-corrected chi connectivity index (χ1v) is 13.3. The number of benzene rings is 5. The van der Waals surface area contributed by atoms with Gasteiger partial charge in [0.15, 0.2) is 0 Å². The first-order chi connectivity index (χ1) is 19.2. The number of amides is 2. The Morgan fingerprint density at radius 1 is 0.641 bits per heavy atom. The predicted octanol–water partition coefficient (Wildman–Crippen LogP) is 6.79. The van der Waals surface area contributed by atoms with Gasteiger partial charge in [0.1, 0.15) is 0 Å². The zero-order chi connectivity index (χ0) is 26.1. The molecule has 2 bridgehead atoms. The largest absolute Gasteiger partial charge is 0.274 e. The van der Waals surface area contributed by atoms with E-state index in [1.807, 2.05) is 103 Å². The highest BCUT2D eigenvalue weighted by molar-refractivity contribution is 6.27. The number of nitrogens with zero attached hydrogens (tertiary/aromatic N) is 2. The second-order valence-corrected chi connectivity index (χ2v) is 10.6. The third-order valence-electron chi connectivity index (χ3n) is 8.86. The lowest BCUT2D eigenvalue weighted by Gasteiger charge is -2.52. The van der Waals surface area contributed by atoms with Crippen LogP contribution in [0.1, 0.15) is 28.2 Å². The highest BCUT2D eigenvalue weighted by Crippen LogP contribution is 2.64. The smallest absolute Gasteiger partial charge is 0.239 e. The van der Waals surface area contributed by atoms with E-state index >= 15 is 0 Å². The summed E-state index contributed by atoms with van der Waals surface area (Å²) in [4.78, 5) is 35.6. The summed E-state index contributed by atoms with van der Waals surface area (Å²) in [6.07, 6.45) is 1.95. The SMILES string of the molecule is O=C1[C@@H]2C3c4ccccc4C(C=Nc4ccccc4)(c4ccccc43)[C@@H]2C(=O)N1c1cccc2ccccc12. The van der Waals surface area contributed by atoms with Crippen LogP contribution in [-0.2, 0) is 15.0 Å². The maximum Gasteiger partial charge on any atom is 0.239 e. The zero-order valence-electron chi connectivity index (χ0n) is 21.1. The molecular weight excluding hydrogens is 480 g/mol. The molecule has 4 nitrogen and oxygen atoms in total.